The monoisotopic (exact) mass is 349 g/mol. The normalized spacial score (nSPS) is 17.7. The molecule has 24 heavy (non-hydrogen) atoms. The molecule has 0 bridgehead atoms. The van der Waals surface area contributed by atoms with Crippen molar-refractivity contribution in [3.8, 4) is 0 Å². The molecule has 128 valence electrons. The number of aromatic nitrogens is 1. The zero-order valence-corrected chi connectivity index (χ0v) is 14.3. The van der Waals surface area contributed by atoms with Crippen LogP contribution in [0.15, 0.2) is 24.3 Å². The Labute approximate surface area is 144 Å². The van der Waals surface area contributed by atoms with E-state index >= 15 is 0 Å². The number of ether oxygens (including phenoxy) is 1. The fourth-order valence-corrected chi connectivity index (χ4v) is 3.64. The van der Waals surface area contributed by atoms with Gasteiger partial charge in [0.2, 0.25) is 5.91 Å². The lowest BCUT2D eigenvalue weighted by Gasteiger charge is -2.22. The van der Waals surface area contributed by atoms with E-state index < -0.39 is 0 Å². The maximum absolute atomic E-state index is 13.3. The molecule has 3 rings (SSSR count). The number of amides is 1. The average Bonchev–Trinajstić information content (AvgIpc) is 2.87. The summed E-state index contributed by atoms with van der Waals surface area (Å²) < 4.78 is 18.6. The summed E-state index contributed by atoms with van der Waals surface area (Å²) in [6.07, 6.45) is 0.965. The van der Waals surface area contributed by atoms with Gasteiger partial charge < -0.3 is 15.4 Å². The van der Waals surface area contributed by atoms with Gasteiger partial charge in [0.05, 0.1) is 18.9 Å². The number of hydrogen-bond donors (Lipinski definition) is 2. The van der Waals surface area contributed by atoms with Crippen LogP contribution < -0.4 is 10.6 Å². The molecule has 7 heteroatoms. The van der Waals surface area contributed by atoms with Crippen LogP contribution in [0.3, 0.4) is 0 Å². The minimum atomic E-state index is -0.245. The van der Waals surface area contributed by atoms with Crippen LogP contribution in [-0.4, -0.2) is 36.7 Å². The Morgan fingerprint density at radius 1 is 1.54 bits per heavy atom. The van der Waals surface area contributed by atoms with Crippen molar-refractivity contribution < 1.29 is 13.9 Å². The van der Waals surface area contributed by atoms with E-state index in [9.17, 15) is 9.18 Å². The molecule has 0 radical (unpaired) electrons. The lowest BCUT2D eigenvalue weighted by molar-refractivity contribution is -0.117. The van der Waals surface area contributed by atoms with Crippen LogP contribution in [0.5, 0.6) is 0 Å². The van der Waals surface area contributed by atoms with Gasteiger partial charge in [-0.1, -0.05) is 12.1 Å². The molecule has 0 spiro atoms. The first kappa shape index (κ1) is 17.0. The zero-order chi connectivity index (χ0) is 16.9. The lowest BCUT2D eigenvalue weighted by atomic mass is 10.1. The third-order valence-corrected chi connectivity index (χ3v) is 4.90. The Kier molecular flexibility index (Phi) is 5.55. The predicted octanol–water partition coefficient (Wildman–Crippen LogP) is 2.50. The van der Waals surface area contributed by atoms with E-state index in [0.29, 0.717) is 31.2 Å². The van der Waals surface area contributed by atoms with Gasteiger partial charge in [0.15, 0.2) is 5.13 Å². The minimum Gasteiger partial charge on any atom is -0.378 e. The van der Waals surface area contributed by atoms with E-state index in [1.165, 1.54) is 23.5 Å². The lowest BCUT2D eigenvalue weighted by Crippen LogP contribution is -2.43. The van der Waals surface area contributed by atoms with Crippen molar-refractivity contribution in [1.82, 2.24) is 10.3 Å². The number of rotatable bonds is 5. The van der Waals surface area contributed by atoms with Gasteiger partial charge in [0.1, 0.15) is 5.82 Å². The second-order valence-corrected chi connectivity index (χ2v) is 6.90. The molecule has 1 aromatic carbocycles. The van der Waals surface area contributed by atoms with Crippen molar-refractivity contribution >= 4 is 22.4 Å². The molecule has 1 fully saturated rings. The fourth-order valence-electron chi connectivity index (χ4n) is 2.62. The molecular formula is C17H20FN3O2S. The first-order valence-electron chi connectivity index (χ1n) is 7.92. The van der Waals surface area contributed by atoms with Gasteiger partial charge in [-0.15, -0.1) is 11.3 Å². The third kappa shape index (κ3) is 4.59. The number of carbonyl (C=O) groups excluding carboxylic acids is 1. The van der Waals surface area contributed by atoms with Crippen LogP contribution in [0.2, 0.25) is 0 Å². The van der Waals surface area contributed by atoms with Crippen LogP contribution in [0.4, 0.5) is 9.52 Å². The SMILES string of the molecule is Cc1nc(NC(=O)CC2COCCN2)sc1Cc1cccc(F)c1. The summed E-state index contributed by atoms with van der Waals surface area (Å²) in [5.74, 6) is -0.325. The van der Waals surface area contributed by atoms with Gasteiger partial charge in [-0.25, -0.2) is 9.37 Å². The molecule has 2 aromatic rings. The maximum Gasteiger partial charge on any atom is 0.227 e. The molecule has 1 atom stereocenters. The van der Waals surface area contributed by atoms with Crippen molar-refractivity contribution in [3.63, 3.8) is 0 Å². The van der Waals surface area contributed by atoms with Gasteiger partial charge >= 0.3 is 0 Å². The highest BCUT2D eigenvalue weighted by molar-refractivity contribution is 7.15. The van der Waals surface area contributed by atoms with E-state index in [1.54, 1.807) is 6.07 Å². The van der Waals surface area contributed by atoms with Crippen LogP contribution >= 0.6 is 11.3 Å². The van der Waals surface area contributed by atoms with Crippen molar-refractivity contribution in [2.45, 2.75) is 25.8 Å². The molecule has 2 heterocycles. The Bertz CT molecular complexity index is 714. The first-order chi connectivity index (χ1) is 11.6. The van der Waals surface area contributed by atoms with Gasteiger partial charge in [-0.05, 0) is 24.6 Å². The first-order valence-corrected chi connectivity index (χ1v) is 8.73. The number of aryl methyl sites for hydroxylation is 1. The molecule has 0 saturated carbocycles. The Hall–Kier alpha value is -1.83. The molecule has 0 aliphatic carbocycles. The number of nitrogens with one attached hydrogen (secondary N) is 2. The van der Waals surface area contributed by atoms with E-state index in [-0.39, 0.29) is 17.8 Å². The number of anilines is 1. The molecule has 2 N–H and O–H groups in total. The number of nitrogens with zero attached hydrogens (tertiary/aromatic N) is 1. The van der Waals surface area contributed by atoms with Gasteiger partial charge in [0, 0.05) is 30.3 Å². The number of thiazole rings is 1. The second kappa shape index (κ2) is 7.83. The van der Waals surface area contributed by atoms with Crippen LogP contribution in [0.1, 0.15) is 22.6 Å². The smallest absolute Gasteiger partial charge is 0.227 e. The number of halogens is 1. The number of benzene rings is 1. The van der Waals surface area contributed by atoms with E-state index in [0.717, 1.165) is 22.7 Å². The number of morpholine rings is 1. The Morgan fingerprint density at radius 2 is 2.42 bits per heavy atom. The van der Waals surface area contributed by atoms with E-state index in [2.05, 4.69) is 15.6 Å². The second-order valence-electron chi connectivity index (χ2n) is 5.81. The van der Waals surface area contributed by atoms with E-state index in [4.69, 9.17) is 4.74 Å². The summed E-state index contributed by atoms with van der Waals surface area (Å²) in [6.45, 7) is 3.91. The predicted molar refractivity (Wildman–Crippen MR) is 91.9 cm³/mol. The standard InChI is InChI=1S/C17H20FN3O2S/c1-11-15(8-12-3-2-4-13(18)7-12)24-17(20-11)21-16(22)9-14-10-23-6-5-19-14/h2-4,7,14,19H,5-6,8-10H2,1H3,(H,20,21,22). The fraction of sp³-hybridized carbons (Fsp3) is 0.412. The van der Waals surface area contributed by atoms with Gasteiger partial charge in [-0.3, -0.25) is 4.79 Å². The highest BCUT2D eigenvalue weighted by Gasteiger charge is 2.18. The van der Waals surface area contributed by atoms with Crippen LogP contribution in [0.25, 0.3) is 0 Å². The largest absolute Gasteiger partial charge is 0.378 e. The van der Waals surface area contributed by atoms with Crippen molar-refractivity contribution in [3.05, 3.63) is 46.2 Å². The Balaban J connectivity index is 1.60. The van der Waals surface area contributed by atoms with Crippen molar-refractivity contribution in [2.24, 2.45) is 0 Å². The molecule has 1 saturated heterocycles. The van der Waals surface area contributed by atoms with Crippen molar-refractivity contribution in [2.75, 3.05) is 25.1 Å². The number of hydrogen-bond acceptors (Lipinski definition) is 5. The maximum atomic E-state index is 13.3. The van der Waals surface area contributed by atoms with Crippen molar-refractivity contribution in [1.29, 1.82) is 0 Å². The van der Waals surface area contributed by atoms with E-state index in [1.807, 2.05) is 13.0 Å². The van der Waals surface area contributed by atoms with Gasteiger partial charge in [-0.2, -0.15) is 0 Å². The Morgan fingerprint density at radius 3 is 3.17 bits per heavy atom. The molecule has 1 aliphatic heterocycles. The van der Waals surface area contributed by atoms with Gasteiger partial charge in [0.25, 0.3) is 0 Å². The summed E-state index contributed by atoms with van der Waals surface area (Å²) in [5, 5.41) is 6.68. The van der Waals surface area contributed by atoms with Crippen LogP contribution in [0, 0.1) is 12.7 Å². The average molecular weight is 349 g/mol. The minimum absolute atomic E-state index is 0.0478. The summed E-state index contributed by atoms with van der Waals surface area (Å²) in [4.78, 5) is 17.5. The highest BCUT2D eigenvalue weighted by Crippen LogP contribution is 2.25. The molecule has 5 nitrogen and oxygen atoms in total. The molecule has 1 aliphatic rings. The topological polar surface area (TPSA) is 63.2 Å². The molecule has 1 aromatic heterocycles. The zero-order valence-electron chi connectivity index (χ0n) is 13.5. The summed E-state index contributed by atoms with van der Waals surface area (Å²) in [6, 6.07) is 6.58. The number of carbonyl (C=O) groups is 1. The van der Waals surface area contributed by atoms with Crippen LogP contribution in [-0.2, 0) is 16.0 Å². The molecule has 1 amide bonds. The molecule has 1 unspecified atom stereocenters. The quantitative estimate of drug-likeness (QED) is 0.871. The summed E-state index contributed by atoms with van der Waals surface area (Å²) in [7, 11) is 0. The molecular weight excluding hydrogens is 329 g/mol. The third-order valence-electron chi connectivity index (χ3n) is 3.82. The highest BCUT2D eigenvalue weighted by atomic mass is 32.1. The summed E-state index contributed by atoms with van der Waals surface area (Å²) in [5.41, 5.74) is 1.75. The summed E-state index contributed by atoms with van der Waals surface area (Å²) >= 11 is 1.43.